The highest BCUT2D eigenvalue weighted by Gasteiger charge is 2.16. The number of halogens is 1. The van der Waals surface area contributed by atoms with Crippen molar-refractivity contribution in [3.05, 3.63) is 28.7 Å². The fraction of sp³-hybridized carbons (Fsp3) is 0.222. The molecule has 1 N–H and O–H groups in total. The standard InChI is InChI=1S/C9H8ClN3O3/c1-16-4-6-5(9(14)15)2-11-13-3-7(10)12-8(6)13/h2-3H,4H2,1H3,(H,14,15). The van der Waals surface area contributed by atoms with Gasteiger partial charge in [0.2, 0.25) is 0 Å². The van der Waals surface area contributed by atoms with Crippen molar-refractivity contribution in [2.24, 2.45) is 0 Å². The molecular formula is C9H8ClN3O3. The molecule has 2 heterocycles. The van der Waals surface area contributed by atoms with Crippen molar-refractivity contribution in [3.8, 4) is 0 Å². The number of carbonyl (C=O) groups is 1. The molecule has 0 atom stereocenters. The lowest BCUT2D eigenvalue weighted by molar-refractivity contribution is 0.0691. The average molecular weight is 242 g/mol. The van der Waals surface area contributed by atoms with Crippen molar-refractivity contribution in [1.82, 2.24) is 14.6 Å². The summed E-state index contributed by atoms with van der Waals surface area (Å²) < 4.78 is 6.37. The highest BCUT2D eigenvalue weighted by atomic mass is 35.5. The molecule has 16 heavy (non-hydrogen) atoms. The summed E-state index contributed by atoms with van der Waals surface area (Å²) in [5, 5.41) is 13.1. The van der Waals surface area contributed by atoms with Gasteiger partial charge in [-0.05, 0) is 0 Å². The summed E-state index contributed by atoms with van der Waals surface area (Å²) in [5.74, 6) is -1.07. The summed E-state index contributed by atoms with van der Waals surface area (Å²) >= 11 is 5.73. The van der Waals surface area contributed by atoms with Gasteiger partial charge >= 0.3 is 5.97 Å². The van der Waals surface area contributed by atoms with Crippen LogP contribution in [0.2, 0.25) is 5.15 Å². The van der Waals surface area contributed by atoms with E-state index < -0.39 is 5.97 Å². The smallest absolute Gasteiger partial charge is 0.337 e. The van der Waals surface area contributed by atoms with Crippen molar-refractivity contribution in [2.75, 3.05) is 7.11 Å². The van der Waals surface area contributed by atoms with Crippen molar-refractivity contribution >= 4 is 23.2 Å². The Bertz CT molecular complexity index is 552. The second kappa shape index (κ2) is 4.07. The number of aromatic nitrogens is 3. The SMILES string of the molecule is COCc1c(C(=O)O)cnn2cc(Cl)nc12. The lowest BCUT2D eigenvalue weighted by Crippen LogP contribution is -2.08. The summed E-state index contributed by atoms with van der Waals surface area (Å²) in [7, 11) is 1.48. The van der Waals surface area contributed by atoms with E-state index in [0.29, 0.717) is 11.2 Å². The summed E-state index contributed by atoms with van der Waals surface area (Å²) in [4.78, 5) is 15.0. The molecule has 6 nitrogen and oxygen atoms in total. The van der Waals surface area contributed by atoms with Crippen LogP contribution in [0, 0.1) is 0 Å². The maximum Gasteiger partial charge on any atom is 0.337 e. The van der Waals surface area contributed by atoms with Crippen molar-refractivity contribution < 1.29 is 14.6 Å². The van der Waals surface area contributed by atoms with Crippen LogP contribution in [0.15, 0.2) is 12.4 Å². The monoisotopic (exact) mass is 241 g/mol. The van der Waals surface area contributed by atoms with Gasteiger partial charge in [-0.1, -0.05) is 11.6 Å². The molecule has 2 aromatic rings. The predicted octanol–water partition coefficient (Wildman–Crippen LogP) is 1.23. The molecule has 2 aromatic heterocycles. The van der Waals surface area contributed by atoms with E-state index >= 15 is 0 Å². The Hall–Kier alpha value is -1.66. The first kappa shape index (κ1) is 10.8. The molecule has 0 radical (unpaired) electrons. The number of fused-ring (bicyclic) bond motifs is 1. The largest absolute Gasteiger partial charge is 0.478 e. The number of hydrogen-bond donors (Lipinski definition) is 1. The summed E-state index contributed by atoms with van der Waals surface area (Å²) in [6.07, 6.45) is 2.75. The molecule has 0 saturated heterocycles. The minimum absolute atomic E-state index is 0.0663. The predicted molar refractivity (Wildman–Crippen MR) is 55.7 cm³/mol. The van der Waals surface area contributed by atoms with Crippen LogP contribution in [0.5, 0.6) is 0 Å². The highest BCUT2D eigenvalue weighted by Crippen LogP contribution is 2.17. The van der Waals surface area contributed by atoms with Gasteiger partial charge in [-0.25, -0.2) is 14.3 Å². The summed E-state index contributed by atoms with van der Waals surface area (Å²) in [6.45, 7) is 0.140. The van der Waals surface area contributed by atoms with Gasteiger partial charge in [-0.2, -0.15) is 5.10 Å². The number of carboxylic acids is 1. The second-order valence-electron chi connectivity index (χ2n) is 3.11. The first-order valence-electron chi connectivity index (χ1n) is 4.38. The molecule has 0 saturated carbocycles. The summed E-state index contributed by atoms with van der Waals surface area (Å²) in [6, 6.07) is 0. The van der Waals surface area contributed by atoms with Crippen LogP contribution in [0.25, 0.3) is 5.65 Å². The van der Waals surface area contributed by atoms with Gasteiger partial charge in [0, 0.05) is 12.7 Å². The molecule has 0 aromatic carbocycles. The third-order valence-electron chi connectivity index (χ3n) is 2.08. The molecule has 0 aliphatic rings. The van der Waals surface area contributed by atoms with Crippen LogP contribution in [0.3, 0.4) is 0 Å². The molecule has 2 rings (SSSR count). The average Bonchev–Trinajstić information content (AvgIpc) is 2.59. The Morgan fingerprint density at radius 1 is 1.69 bits per heavy atom. The van der Waals surface area contributed by atoms with E-state index in [1.54, 1.807) is 0 Å². The van der Waals surface area contributed by atoms with Crippen LogP contribution < -0.4 is 0 Å². The Balaban J connectivity index is 2.72. The normalized spacial score (nSPS) is 10.9. The molecule has 0 unspecified atom stereocenters. The second-order valence-corrected chi connectivity index (χ2v) is 3.49. The van der Waals surface area contributed by atoms with Gasteiger partial charge in [0.15, 0.2) is 5.65 Å². The van der Waals surface area contributed by atoms with E-state index in [4.69, 9.17) is 21.4 Å². The lowest BCUT2D eigenvalue weighted by atomic mass is 10.2. The number of carboxylic acid groups (broad SMARTS) is 1. The van der Waals surface area contributed by atoms with E-state index in [0.717, 1.165) is 0 Å². The quantitative estimate of drug-likeness (QED) is 0.875. The van der Waals surface area contributed by atoms with Gasteiger partial charge < -0.3 is 9.84 Å². The van der Waals surface area contributed by atoms with Crippen LogP contribution in [-0.2, 0) is 11.3 Å². The third kappa shape index (κ3) is 1.72. The minimum atomic E-state index is -1.07. The van der Waals surface area contributed by atoms with Crippen LogP contribution in [0.1, 0.15) is 15.9 Å². The topological polar surface area (TPSA) is 76.7 Å². The van der Waals surface area contributed by atoms with Gasteiger partial charge in [-0.3, -0.25) is 0 Å². The van der Waals surface area contributed by atoms with E-state index in [1.165, 1.54) is 24.0 Å². The fourth-order valence-electron chi connectivity index (χ4n) is 1.43. The lowest BCUT2D eigenvalue weighted by Gasteiger charge is -2.05. The first-order valence-corrected chi connectivity index (χ1v) is 4.76. The van der Waals surface area contributed by atoms with Gasteiger partial charge in [0.25, 0.3) is 0 Å². The van der Waals surface area contributed by atoms with Gasteiger partial charge in [0.05, 0.1) is 24.6 Å². The maximum absolute atomic E-state index is 11.0. The number of methoxy groups -OCH3 is 1. The van der Waals surface area contributed by atoms with Crippen molar-refractivity contribution in [1.29, 1.82) is 0 Å². The van der Waals surface area contributed by atoms with Crippen LogP contribution >= 0.6 is 11.6 Å². The van der Waals surface area contributed by atoms with E-state index in [2.05, 4.69) is 10.1 Å². The Labute approximate surface area is 95.4 Å². The Kier molecular flexibility index (Phi) is 2.76. The van der Waals surface area contributed by atoms with Gasteiger partial charge in [-0.15, -0.1) is 0 Å². The number of hydrogen-bond acceptors (Lipinski definition) is 4. The Morgan fingerprint density at radius 2 is 2.44 bits per heavy atom. The summed E-state index contributed by atoms with van der Waals surface area (Å²) in [5.41, 5.74) is 0.917. The highest BCUT2D eigenvalue weighted by molar-refractivity contribution is 6.29. The van der Waals surface area contributed by atoms with Crippen LogP contribution in [0.4, 0.5) is 0 Å². The minimum Gasteiger partial charge on any atom is -0.478 e. The molecule has 0 spiro atoms. The molecule has 0 aliphatic carbocycles. The number of aromatic carboxylic acids is 1. The zero-order valence-corrected chi connectivity index (χ0v) is 9.10. The number of ether oxygens (including phenoxy) is 1. The molecule has 84 valence electrons. The van der Waals surface area contributed by atoms with E-state index in [1.807, 2.05) is 0 Å². The van der Waals surface area contributed by atoms with Crippen LogP contribution in [-0.4, -0.2) is 32.8 Å². The Morgan fingerprint density at radius 3 is 3.06 bits per heavy atom. The van der Waals surface area contributed by atoms with Gasteiger partial charge in [0.1, 0.15) is 5.15 Å². The molecule has 0 aliphatic heterocycles. The van der Waals surface area contributed by atoms with Crippen molar-refractivity contribution in [2.45, 2.75) is 6.61 Å². The third-order valence-corrected chi connectivity index (χ3v) is 2.27. The fourth-order valence-corrected chi connectivity index (χ4v) is 1.60. The molecule has 0 fully saturated rings. The molecular weight excluding hydrogens is 234 g/mol. The first-order chi connectivity index (χ1) is 7.63. The zero-order chi connectivity index (χ0) is 11.7. The number of rotatable bonds is 3. The van der Waals surface area contributed by atoms with Crippen molar-refractivity contribution in [3.63, 3.8) is 0 Å². The number of nitrogens with zero attached hydrogens (tertiary/aromatic N) is 3. The number of imidazole rings is 1. The zero-order valence-electron chi connectivity index (χ0n) is 8.35. The van der Waals surface area contributed by atoms with E-state index in [9.17, 15) is 4.79 Å². The maximum atomic E-state index is 11.0. The molecule has 7 heteroatoms. The molecule has 0 amide bonds. The molecule has 0 bridgehead atoms. The van der Waals surface area contributed by atoms with E-state index in [-0.39, 0.29) is 17.3 Å².